The Bertz CT molecular complexity index is 679. The molecule has 2 aromatic carbocycles. The Hall–Kier alpha value is -1.79. The molecule has 0 aromatic heterocycles. The summed E-state index contributed by atoms with van der Waals surface area (Å²) < 4.78 is 20.0. The summed E-state index contributed by atoms with van der Waals surface area (Å²) in [7, 11) is 0. The van der Waals surface area contributed by atoms with E-state index in [0.29, 0.717) is 10.0 Å². The fraction of sp³-hybridized carbons (Fsp3) is 0. The van der Waals surface area contributed by atoms with E-state index in [-0.39, 0.29) is 22.4 Å². The lowest BCUT2D eigenvalue weighted by molar-refractivity contribution is 0.318. The number of nitrogens with two attached hydrogens (primary N) is 1. The molecule has 0 fully saturated rings. The zero-order valence-electron chi connectivity index (χ0n) is 9.98. The van der Waals surface area contributed by atoms with Crippen LogP contribution in [0.1, 0.15) is 5.56 Å². The van der Waals surface area contributed by atoms with Crippen LogP contribution in [0.4, 0.5) is 4.39 Å². The smallest absolute Gasteiger partial charge is 0.184 e. The third-order valence-electron chi connectivity index (χ3n) is 2.46. The van der Waals surface area contributed by atoms with E-state index in [4.69, 9.17) is 27.3 Å². The molecule has 3 N–H and O–H groups in total. The molecule has 7 heteroatoms. The topological polar surface area (TPSA) is 67.8 Å². The standard InChI is InChI=1S/C13H9BrClFN2O2/c14-7-4-5-10(8(6-7)13(17)18-19)20-11-3-1-2-9(15)12(11)16/h1-6,19H,(H2,17,18). The molecule has 104 valence electrons. The van der Waals surface area contributed by atoms with Gasteiger partial charge in [0.2, 0.25) is 0 Å². The average molecular weight is 360 g/mol. The predicted octanol–water partition coefficient (Wildman–Crippen LogP) is 4.13. The van der Waals surface area contributed by atoms with Gasteiger partial charge in [0.05, 0.1) is 10.6 Å². The van der Waals surface area contributed by atoms with E-state index in [1.807, 2.05) is 0 Å². The molecule has 0 unspecified atom stereocenters. The van der Waals surface area contributed by atoms with E-state index < -0.39 is 5.82 Å². The highest BCUT2D eigenvalue weighted by atomic mass is 79.9. The fourth-order valence-corrected chi connectivity index (χ4v) is 2.05. The molecule has 0 heterocycles. The van der Waals surface area contributed by atoms with Crippen LogP contribution in [0.25, 0.3) is 0 Å². The van der Waals surface area contributed by atoms with Crippen molar-refractivity contribution < 1.29 is 14.3 Å². The number of oxime groups is 1. The maximum atomic E-state index is 13.8. The summed E-state index contributed by atoms with van der Waals surface area (Å²) in [6, 6.07) is 9.24. The van der Waals surface area contributed by atoms with Crippen LogP contribution in [0.2, 0.25) is 5.02 Å². The van der Waals surface area contributed by atoms with Crippen molar-refractivity contribution >= 4 is 33.4 Å². The van der Waals surface area contributed by atoms with Crippen LogP contribution < -0.4 is 10.5 Å². The number of hydrogen-bond acceptors (Lipinski definition) is 3. The number of rotatable bonds is 3. The normalized spacial score (nSPS) is 11.4. The third kappa shape index (κ3) is 3.02. The van der Waals surface area contributed by atoms with Crippen LogP contribution in [0.15, 0.2) is 46.0 Å². The minimum Gasteiger partial charge on any atom is -0.453 e. The third-order valence-corrected chi connectivity index (χ3v) is 3.25. The molecule has 4 nitrogen and oxygen atoms in total. The minimum atomic E-state index is -0.678. The predicted molar refractivity (Wildman–Crippen MR) is 78.1 cm³/mol. The van der Waals surface area contributed by atoms with Crippen molar-refractivity contribution in [2.75, 3.05) is 0 Å². The number of benzene rings is 2. The Kier molecular flexibility index (Phi) is 4.46. The number of nitrogens with zero attached hydrogens (tertiary/aromatic N) is 1. The van der Waals surface area contributed by atoms with Crippen molar-refractivity contribution in [1.82, 2.24) is 0 Å². The lowest BCUT2D eigenvalue weighted by Crippen LogP contribution is -2.14. The molecule has 0 saturated carbocycles. The van der Waals surface area contributed by atoms with Gasteiger partial charge >= 0.3 is 0 Å². The summed E-state index contributed by atoms with van der Waals surface area (Å²) in [5.41, 5.74) is 5.89. The monoisotopic (exact) mass is 358 g/mol. The van der Waals surface area contributed by atoms with Gasteiger partial charge in [0.25, 0.3) is 0 Å². The summed E-state index contributed by atoms with van der Waals surface area (Å²) in [6.45, 7) is 0. The van der Waals surface area contributed by atoms with Gasteiger partial charge in [-0.3, -0.25) is 0 Å². The van der Waals surface area contributed by atoms with E-state index >= 15 is 0 Å². The second-order valence-corrected chi connectivity index (χ2v) is 5.10. The van der Waals surface area contributed by atoms with E-state index in [2.05, 4.69) is 21.1 Å². The summed E-state index contributed by atoms with van der Waals surface area (Å²) in [5.74, 6) is -0.636. The Morgan fingerprint density at radius 3 is 2.75 bits per heavy atom. The zero-order chi connectivity index (χ0) is 14.7. The summed E-state index contributed by atoms with van der Waals surface area (Å²) in [5, 5.41) is 11.6. The maximum absolute atomic E-state index is 13.8. The van der Waals surface area contributed by atoms with Gasteiger partial charge in [-0.05, 0) is 30.3 Å². The van der Waals surface area contributed by atoms with Crippen molar-refractivity contribution in [2.24, 2.45) is 10.9 Å². The highest BCUT2D eigenvalue weighted by Gasteiger charge is 2.13. The molecular weight excluding hydrogens is 351 g/mol. The van der Waals surface area contributed by atoms with Crippen LogP contribution in [0.3, 0.4) is 0 Å². The first-order chi connectivity index (χ1) is 9.52. The molecule has 0 amide bonds. The van der Waals surface area contributed by atoms with Crippen LogP contribution >= 0.6 is 27.5 Å². The lowest BCUT2D eigenvalue weighted by atomic mass is 10.2. The van der Waals surface area contributed by atoms with Gasteiger partial charge in [0.15, 0.2) is 17.4 Å². The second kappa shape index (κ2) is 6.11. The quantitative estimate of drug-likeness (QED) is 0.375. The first-order valence-electron chi connectivity index (χ1n) is 5.42. The number of hydrogen-bond donors (Lipinski definition) is 2. The Balaban J connectivity index is 2.46. The summed E-state index contributed by atoms with van der Waals surface area (Å²) in [6.07, 6.45) is 0. The number of ether oxygens (including phenoxy) is 1. The van der Waals surface area contributed by atoms with Crippen LogP contribution in [0.5, 0.6) is 11.5 Å². The summed E-state index contributed by atoms with van der Waals surface area (Å²) >= 11 is 8.95. The van der Waals surface area contributed by atoms with E-state index in [9.17, 15) is 4.39 Å². The Morgan fingerprint density at radius 2 is 2.05 bits per heavy atom. The first kappa shape index (κ1) is 14.6. The van der Waals surface area contributed by atoms with E-state index in [0.717, 1.165) is 0 Å². The second-order valence-electron chi connectivity index (χ2n) is 3.78. The minimum absolute atomic E-state index is 0.0492. The fourth-order valence-electron chi connectivity index (χ4n) is 1.53. The molecule has 0 aliphatic rings. The van der Waals surface area contributed by atoms with Crippen molar-refractivity contribution in [2.45, 2.75) is 0 Å². The van der Waals surface area contributed by atoms with E-state index in [1.165, 1.54) is 12.1 Å². The van der Waals surface area contributed by atoms with Gasteiger partial charge in [-0.15, -0.1) is 0 Å². The SMILES string of the molecule is N/C(=N/O)c1cc(Br)ccc1Oc1cccc(Cl)c1F. The Morgan fingerprint density at radius 1 is 1.30 bits per heavy atom. The average Bonchev–Trinajstić information content (AvgIpc) is 2.44. The van der Waals surface area contributed by atoms with Crippen molar-refractivity contribution in [1.29, 1.82) is 0 Å². The number of halogens is 3. The molecule has 0 bridgehead atoms. The molecule has 0 atom stereocenters. The molecule has 0 aliphatic heterocycles. The highest BCUT2D eigenvalue weighted by molar-refractivity contribution is 9.10. The molecule has 0 aliphatic carbocycles. The van der Waals surface area contributed by atoms with Gasteiger partial charge in [0, 0.05) is 4.47 Å². The zero-order valence-corrected chi connectivity index (χ0v) is 12.3. The van der Waals surface area contributed by atoms with E-state index in [1.54, 1.807) is 24.3 Å². The largest absolute Gasteiger partial charge is 0.453 e. The molecule has 0 spiro atoms. The Labute approximate surface area is 127 Å². The molecule has 2 aromatic rings. The lowest BCUT2D eigenvalue weighted by Gasteiger charge is -2.11. The van der Waals surface area contributed by atoms with Crippen LogP contribution in [-0.2, 0) is 0 Å². The van der Waals surface area contributed by atoms with Crippen molar-refractivity contribution in [3.8, 4) is 11.5 Å². The maximum Gasteiger partial charge on any atom is 0.184 e. The summed E-state index contributed by atoms with van der Waals surface area (Å²) in [4.78, 5) is 0. The van der Waals surface area contributed by atoms with Crippen molar-refractivity contribution in [3.63, 3.8) is 0 Å². The van der Waals surface area contributed by atoms with Gasteiger partial charge < -0.3 is 15.7 Å². The first-order valence-corrected chi connectivity index (χ1v) is 6.59. The molecular formula is C13H9BrClFN2O2. The van der Waals surface area contributed by atoms with Gasteiger partial charge in [-0.1, -0.05) is 38.8 Å². The molecule has 0 saturated heterocycles. The van der Waals surface area contributed by atoms with Crippen molar-refractivity contribution in [3.05, 3.63) is 57.3 Å². The van der Waals surface area contributed by atoms with Gasteiger partial charge in [-0.2, -0.15) is 0 Å². The van der Waals surface area contributed by atoms with Crippen LogP contribution in [-0.4, -0.2) is 11.0 Å². The number of amidine groups is 1. The van der Waals surface area contributed by atoms with Crippen LogP contribution in [0, 0.1) is 5.82 Å². The van der Waals surface area contributed by atoms with Gasteiger partial charge in [-0.25, -0.2) is 4.39 Å². The highest BCUT2D eigenvalue weighted by Crippen LogP contribution is 2.31. The molecule has 2 rings (SSSR count). The van der Waals surface area contributed by atoms with Gasteiger partial charge in [0.1, 0.15) is 5.75 Å². The molecule has 0 radical (unpaired) electrons. The molecule has 20 heavy (non-hydrogen) atoms.